The highest BCUT2D eigenvalue weighted by Gasteiger charge is 2.32. The van der Waals surface area contributed by atoms with Crippen molar-refractivity contribution in [3.8, 4) is 11.5 Å². The van der Waals surface area contributed by atoms with Crippen LogP contribution >= 0.6 is 12.2 Å². The second kappa shape index (κ2) is 8.09. The van der Waals surface area contributed by atoms with Crippen molar-refractivity contribution < 1.29 is 14.3 Å². The zero-order valence-electron chi connectivity index (χ0n) is 15.3. The Bertz CT molecular complexity index is 897. The molecule has 1 heterocycles. The maximum atomic E-state index is 13.1. The number of carbonyl (C=O) groups is 1. The van der Waals surface area contributed by atoms with Crippen molar-refractivity contribution in [2.75, 3.05) is 19.5 Å². The van der Waals surface area contributed by atoms with Crippen LogP contribution in [0.4, 0.5) is 5.69 Å². The molecule has 1 unspecified atom stereocenters. The standard InChI is InChI=1S/C20H21N3O3S/c1-12-16(19(24)22-13-8-5-4-6-9-13)17(23-20(27)21-12)14-10-7-11-15(25-2)18(14)26-3/h4-11,17H,1-3H3,(H,22,24)(H2,21,23,27). The van der Waals surface area contributed by atoms with Crippen LogP contribution in [0.1, 0.15) is 18.5 Å². The number of amides is 1. The first kappa shape index (κ1) is 18.7. The molecule has 0 fully saturated rings. The smallest absolute Gasteiger partial charge is 0.255 e. The molecule has 0 saturated heterocycles. The number of hydrogen-bond donors (Lipinski definition) is 3. The van der Waals surface area contributed by atoms with Crippen LogP contribution in [0.5, 0.6) is 11.5 Å². The summed E-state index contributed by atoms with van der Waals surface area (Å²) in [7, 11) is 3.15. The Balaban J connectivity index is 2.04. The Kier molecular flexibility index (Phi) is 5.61. The predicted octanol–water partition coefficient (Wildman–Crippen LogP) is 3.14. The highest BCUT2D eigenvalue weighted by molar-refractivity contribution is 7.80. The van der Waals surface area contributed by atoms with Gasteiger partial charge in [-0.3, -0.25) is 4.79 Å². The third-order valence-corrected chi connectivity index (χ3v) is 4.51. The van der Waals surface area contributed by atoms with E-state index in [0.29, 0.717) is 33.6 Å². The van der Waals surface area contributed by atoms with E-state index in [1.54, 1.807) is 14.2 Å². The van der Waals surface area contributed by atoms with Crippen molar-refractivity contribution in [2.45, 2.75) is 13.0 Å². The van der Waals surface area contributed by atoms with Crippen molar-refractivity contribution in [2.24, 2.45) is 0 Å². The minimum Gasteiger partial charge on any atom is -0.493 e. The number of methoxy groups -OCH3 is 2. The normalized spacial score (nSPS) is 16.3. The summed E-state index contributed by atoms with van der Waals surface area (Å²) in [4.78, 5) is 13.1. The van der Waals surface area contributed by atoms with E-state index in [2.05, 4.69) is 16.0 Å². The zero-order chi connectivity index (χ0) is 19.4. The van der Waals surface area contributed by atoms with E-state index in [1.807, 2.05) is 55.5 Å². The van der Waals surface area contributed by atoms with Crippen molar-refractivity contribution in [3.05, 3.63) is 65.4 Å². The summed E-state index contributed by atoms with van der Waals surface area (Å²) < 4.78 is 10.9. The fourth-order valence-corrected chi connectivity index (χ4v) is 3.36. The van der Waals surface area contributed by atoms with E-state index in [0.717, 1.165) is 5.56 Å². The highest BCUT2D eigenvalue weighted by atomic mass is 32.1. The average molecular weight is 383 g/mol. The molecule has 0 aromatic heterocycles. The number of benzene rings is 2. The molecule has 1 amide bonds. The largest absolute Gasteiger partial charge is 0.493 e. The summed E-state index contributed by atoms with van der Waals surface area (Å²) in [5.41, 5.74) is 2.69. The van der Waals surface area contributed by atoms with Crippen LogP contribution in [0, 0.1) is 0 Å². The summed E-state index contributed by atoms with van der Waals surface area (Å²) in [6.45, 7) is 1.83. The first-order valence-electron chi connectivity index (χ1n) is 8.40. The third-order valence-electron chi connectivity index (χ3n) is 4.29. The quantitative estimate of drug-likeness (QED) is 0.689. The van der Waals surface area contributed by atoms with Gasteiger partial charge in [0.25, 0.3) is 5.91 Å². The van der Waals surface area contributed by atoms with Crippen molar-refractivity contribution >= 4 is 28.9 Å². The Hall–Kier alpha value is -3.06. The molecule has 0 radical (unpaired) electrons. The maximum absolute atomic E-state index is 13.1. The highest BCUT2D eigenvalue weighted by Crippen LogP contribution is 2.39. The van der Waals surface area contributed by atoms with Gasteiger partial charge in [0.2, 0.25) is 0 Å². The summed E-state index contributed by atoms with van der Waals surface area (Å²) >= 11 is 5.31. The Morgan fingerprint density at radius 1 is 1.07 bits per heavy atom. The average Bonchev–Trinajstić information content (AvgIpc) is 2.67. The number of allylic oxidation sites excluding steroid dienone is 1. The molecule has 1 atom stereocenters. The molecule has 3 N–H and O–H groups in total. The molecule has 0 aliphatic carbocycles. The van der Waals surface area contributed by atoms with Crippen LogP contribution < -0.4 is 25.4 Å². The molecule has 2 aromatic carbocycles. The fraction of sp³-hybridized carbons (Fsp3) is 0.200. The van der Waals surface area contributed by atoms with Crippen molar-refractivity contribution in [1.82, 2.24) is 10.6 Å². The van der Waals surface area contributed by atoms with E-state index >= 15 is 0 Å². The summed E-state index contributed by atoms with van der Waals surface area (Å²) in [5.74, 6) is 0.915. The third kappa shape index (κ3) is 3.88. The lowest BCUT2D eigenvalue weighted by Gasteiger charge is -2.31. The van der Waals surface area contributed by atoms with E-state index in [4.69, 9.17) is 21.7 Å². The number of rotatable bonds is 5. The van der Waals surface area contributed by atoms with Gasteiger partial charge in [0.15, 0.2) is 16.6 Å². The molecule has 7 heteroatoms. The summed E-state index contributed by atoms with van der Waals surface area (Å²) in [5, 5.41) is 9.57. The van der Waals surface area contributed by atoms with Crippen LogP contribution in [0.15, 0.2) is 59.8 Å². The second-order valence-electron chi connectivity index (χ2n) is 5.97. The molecule has 1 aliphatic rings. The molecule has 1 aliphatic heterocycles. The van der Waals surface area contributed by atoms with Gasteiger partial charge in [0.05, 0.1) is 25.8 Å². The van der Waals surface area contributed by atoms with E-state index in [9.17, 15) is 4.79 Å². The molecule has 0 bridgehead atoms. The van der Waals surface area contributed by atoms with Gasteiger partial charge in [-0.15, -0.1) is 0 Å². The van der Waals surface area contributed by atoms with E-state index in [-0.39, 0.29) is 5.91 Å². The van der Waals surface area contributed by atoms with Gasteiger partial charge >= 0.3 is 0 Å². The van der Waals surface area contributed by atoms with Crippen LogP contribution in [0.25, 0.3) is 0 Å². The van der Waals surface area contributed by atoms with E-state index < -0.39 is 6.04 Å². The van der Waals surface area contributed by atoms with Gasteiger partial charge in [-0.1, -0.05) is 30.3 Å². The van der Waals surface area contributed by atoms with Gasteiger partial charge < -0.3 is 25.4 Å². The number of para-hydroxylation sites is 2. The monoisotopic (exact) mass is 383 g/mol. The van der Waals surface area contributed by atoms with Gasteiger partial charge in [0.1, 0.15) is 0 Å². The summed E-state index contributed by atoms with van der Waals surface area (Å²) in [6.07, 6.45) is 0. The first-order valence-corrected chi connectivity index (χ1v) is 8.81. The molecule has 2 aromatic rings. The molecule has 0 spiro atoms. The molecule has 27 heavy (non-hydrogen) atoms. The zero-order valence-corrected chi connectivity index (χ0v) is 16.1. The number of hydrogen-bond acceptors (Lipinski definition) is 4. The number of nitrogens with one attached hydrogen (secondary N) is 3. The number of ether oxygens (including phenoxy) is 2. The Labute approximate surface area is 163 Å². The molecule has 6 nitrogen and oxygen atoms in total. The predicted molar refractivity (Wildman–Crippen MR) is 109 cm³/mol. The topological polar surface area (TPSA) is 71.6 Å². The molecular weight excluding hydrogens is 362 g/mol. The van der Waals surface area contributed by atoms with Crippen LogP contribution in [0.3, 0.4) is 0 Å². The van der Waals surface area contributed by atoms with Crippen LogP contribution in [-0.4, -0.2) is 25.2 Å². The lowest BCUT2D eigenvalue weighted by molar-refractivity contribution is -0.113. The van der Waals surface area contributed by atoms with Gasteiger partial charge in [0, 0.05) is 16.9 Å². The Morgan fingerprint density at radius 2 is 1.81 bits per heavy atom. The fourth-order valence-electron chi connectivity index (χ4n) is 3.09. The number of anilines is 1. The second-order valence-corrected chi connectivity index (χ2v) is 6.38. The molecular formula is C20H21N3O3S. The SMILES string of the molecule is COc1cccc(C2NC(=S)NC(C)=C2C(=O)Nc2ccccc2)c1OC. The number of carbonyl (C=O) groups excluding carboxylic acids is 1. The van der Waals surface area contributed by atoms with Gasteiger partial charge in [-0.2, -0.15) is 0 Å². The van der Waals surface area contributed by atoms with Gasteiger partial charge in [-0.05, 0) is 37.3 Å². The van der Waals surface area contributed by atoms with E-state index in [1.165, 1.54) is 0 Å². The van der Waals surface area contributed by atoms with Crippen molar-refractivity contribution in [3.63, 3.8) is 0 Å². The first-order chi connectivity index (χ1) is 13.0. The van der Waals surface area contributed by atoms with Crippen LogP contribution in [0.2, 0.25) is 0 Å². The number of thiocarbonyl (C=S) groups is 1. The van der Waals surface area contributed by atoms with Crippen molar-refractivity contribution in [1.29, 1.82) is 0 Å². The van der Waals surface area contributed by atoms with Crippen LogP contribution in [-0.2, 0) is 4.79 Å². The van der Waals surface area contributed by atoms with Gasteiger partial charge in [-0.25, -0.2) is 0 Å². The Morgan fingerprint density at radius 3 is 2.48 bits per heavy atom. The molecule has 0 saturated carbocycles. The lowest BCUT2D eigenvalue weighted by Crippen LogP contribution is -2.45. The minimum atomic E-state index is -0.479. The molecule has 3 rings (SSSR count). The maximum Gasteiger partial charge on any atom is 0.255 e. The lowest BCUT2D eigenvalue weighted by atomic mass is 9.94. The minimum absolute atomic E-state index is 0.226. The molecule has 140 valence electrons. The summed E-state index contributed by atoms with van der Waals surface area (Å²) in [6, 6.07) is 14.4.